The standard InChI is InChI=1S/C36H34O6S2/c1-3-41-34(36(39)40)25-30-16-18-31(19-17-30)43-22-8-4-6-10-28-12-14-29(15-13-28)11-7-5-9-23-44-32-20-21-33(27(2)24-32)42-26-35(37)38/h4-5,8-9,12-21,24,34H,3,22-23,25-26H2,1-2H3,(H,37,38)(H,39,40)/b8-4+,9-5+. The van der Waals surface area contributed by atoms with Crippen LogP contribution < -0.4 is 4.74 Å². The first-order valence-electron chi connectivity index (χ1n) is 13.9. The van der Waals surface area contributed by atoms with Crippen LogP contribution in [0.5, 0.6) is 5.75 Å². The number of allylic oxidation sites excluding steroid dienone is 2. The lowest BCUT2D eigenvalue weighted by Crippen LogP contribution is -2.26. The Hall–Kier alpha value is -4.34. The third kappa shape index (κ3) is 12.9. The second-order valence-electron chi connectivity index (χ2n) is 9.28. The minimum atomic E-state index is -0.996. The molecule has 0 amide bonds. The van der Waals surface area contributed by atoms with Gasteiger partial charge in [0.25, 0.3) is 0 Å². The van der Waals surface area contributed by atoms with E-state index in [0.717, 1.165) is 43.6 Å². The zero-order valence-electron chi connectivity index (χ0n) is 24.6. The van der Waals surface area contributed by atoms with Crippen molar-refractivity contribution in [3.8, 4) is 29.4 Å². The number of hydrogen-bond donors (Lipinski definition) is 2. The Morgan fingerprint density at radius 1 is 0.841 bits per heavy atom. The lowest BCUT2D eigenvalue weighted by atomic mass is 10.1. The Labute approximate surface area is 267 Å². The zero-order valence-corrected chi connectivity index (χ0v) is 26.3. The summed E-state index contributed by atoms with van der Waals surface area (Å²) in [5.41, 5.74) is 3.66. The number of carboxylic acids is 2. The van der Waals surface area contributed by atoms with E-state index in [1.807, 2.05) is 91.9 Å². The van der Waals surface area contributed by atoms with Crippen molar-refractivity contribution in [3.05, 3.63) is 113 Å². The average molecular weight is 627 g/mol. The van der Waals surface area contributed by atoms with Gasteiger partial charge in [-0.1, -0.05) is 48.0 Å². The first kappa shape index (κ1) is 34.2. The minimum Gasteiger partial charge on any atom is -0.482 e. The molecule has 0 saturated carbocycles. The van der Waals surface area contributed by atoms with Crippen molar-refractivity contribution in [2.75, 3.05) is 24.7 Å². The molecule has 0 fully saturated rings. The maximum Gasteiger partial charge on any atom is 0.341 e. The molecular formula is C36H34O6S2. The molecule has 1 atom stereocenters. The highest BCUT2D eigenvalue weighted by Gasteiger charge is 2.17. The zero-order chi connectivity index (χ0) is 31.6. The molecule has 6 nitrogen and oxygen atoms in total. The summed E-state index contributed by atoms with van der Waals surface area (Å²) in [7, 11) is 0. The highest BCUT2D eigenvalue weighted by Crippen LogP contribution is 2.25. The van der Waals surface area contributed by atoms with Gasteiger partial charge in [0.05, 0.1) is 0 Å². The molecule has 2 N–H and O–H groups in total. The Morgan fingerprint density at radius 3 is 1.93 bits per heavy atom. The summed E-state index contributed by atoms with van der Waals surface area (Å²) in [6.07, 6.45) is 7.23. The molecule has 8 heteroatoms. The summed E-state index contributed by atoms with van der Waals surface area (Å²) in [4.78, 5) is 24.1. The summed E-state index contributed by atoms with van der Waals surface area (Å²) in [6.45, 7) is 3.71. The first-order chi connectivity index (χ1) is 21.3. The molecule has 226 valence electrons. The Bertz CT molecular complexity index is 1570. The molecule has 0 heterocycles. The van der Waals surface area contributed by atoms with Crippen molar-refractivity contribution in [3.63, 3.8) is 0 Å². The van der Waals surface area contributed by atoms with Crippen LogP contribution in [0.15, 0.2) is 101 Å². The van der Waals surface area contributed by atoms with Crippen molar-refractivity contribution < 1.29 is 29.3 Å². The maximum atomic E-state index is 11.3. The molecule has 3 aromatic carbocycles. The molecule has 0 saturated heterocycles. The van der Waals surface area contributed by atoms with Crippen molar-refractivity contribution in [2.45, 2.75) is 36.2 Å². The first-order valence-corrected chi connectivity index (χ1v) is 15.9. The van der Waals surface area contributed by atoms with E-state index < -0.39 is 18.0 Å². The highest BCUT2D eigenvalue weighted by molar-refractivity contribution is 7.99. The summed E-state index contributed by atoms with van der Waals surface area (Å²) >= 11 is 3.34. The number of carbonyl (C=O) groups is 2. The summed E-state index contributed by atoms with van der Waals surface area (Å²) < 4.78 is 10.5. The Morgan fingerprint density at radius 2 is 1.41 bits per heavy atom. The van der Waals surface area contributed by atoms with Crippen LogP contribution in [0.3, 0.4) is 0 Å². The monoisotopic (exact) mass is 626 g/mol. The quantitative estimate of drug-likeness (QED) is 0.148. The van der Waals surface area contributed by atoms with E-state index >= 15 is 0 Å². The van der Waals surface area contributed by atoms with Gasteiger partial charge in [-0.2, -0.15) is 0 Å². The molecule has 44 heavy (non-hydrogen) atoms. The lowest BCUT2D eigenvalue weighted by molar-refractivity contribution is -0.150. The van der Waals surface area contributed by atoms with Gasteiger partial charge >= 0.3 is 11.9 Å². The average Bonchev–Trinajstić information content (AvgIpc) is 3.01. The van der Waals surface area contributed by atoms with Crippen molar-refractivity contribution in [2.24, 2.45) is 0 Å². The van der Waals surface area contributed by atoms with Gasteiger partial charge in [-0.15, -0.1) is 23.5 Å². The van der Waals surface area contributed by atoms with Crippen LogP contribution in [0.2, 0.25) is 0 Å². The molecule has 1 unspecified atom stereocenters. The molecule has 0 aliphatic heterocycles. The van der Waals surface area contributed by atoms with Crippen molar-refractivity contribution >= 4 is 35.5 Å². The van der Waals surface area contributed by atoms with Gasteiger partial charge in [0.15, 0.2) is 12.7 Å². The third-order valence-electron chi connectivity index (χ3n) is 5.90. The Balaban J connectivity index is 1.37. The lowest BCUT2D eigenvalue weighted by Gasteiger charge is -2.12. The molecule has 3 rings (SSSR count). The van der Waals surface area contributed by atoms with Gasteiger partial charge in [0, 0.05) is 45.5 Å². The SMILES string of the molecule is CCOC(Cc1ccc(SC/C=C/C#Cc2ccc(C#C/C=C/CSc3ccc(OCC(=O)O)c(C)c3)cc2)cc1)C(=O)O. The van der Waals surface area contributed by atoms with Gasteiger partial charge in [0.2, 0.25) is 0 Å². The number of aliphatic carboxylic acids is 2. The summed E-state index contributed by atoms with van der Waals surface area (Å²) in [5, 5.41) is 18.0. The summed E-state index contributed by atoms with van der Waals surface area (Å²) in [6, 6.07) is 21.4. The highest BCUT2D eigenvalue weighted by atomic mass is 32.2. The fourth-order valence-corrected chi connectivity index (χ4v) is 5.28. The normalized spacial score (nSPS) is 11.4. The topological polar surface area (TPSA) is 93.1 Å². The van der Waals surface area contributed by atoms with Crippen LogP contribution in [0.1, 0.15) is 29.2 Å². The molecule has 3 aromatic rings. The maximum absolute atomic E-state index is 11.3. The van der Waals surface area contributed by atoms with Crippen molar-refractivity contribution in [1.82, 2.24) is 0 Å². The van der Waals surface area contributed by atoms with E-state index in [2.05, 4.69) is 23.7 Å². The number of rotatable bonds is 14. The number of thioether (sulfide) groups is 2. The third-order valence-corrected chi connectivity index (χ3v) is 7.81. The van der Waals surface area contributed by atoms with Gasteiger partial charge < -0.3 is 19.7 Å². The second-order valence-corrected chi connectivity index (χ2v) is 11.5. The molecule has 0 aromatic heterocycles. The molecule has 0 radical (unpaired) electrons. The largest absolute Gasteiger partial charge is 0.482 e. The molecule has 0 bridgehead atoms. The summed E-state index contributed by atoms with van der Waals surface area (Å²) in [5.74, 6) is 12.6. The number of aryl methyl sites for hydroxylation is 1. The van der Waals surface area contributed by atoms with Crippen LogP contribution in [0.4, 0.5) is 0 Å². The number of benzene rings is 3. The molecule has 0 aliphatic rings. The van der Waals surface area contributed by atoms with Crippen LogP contribution in [0.25, 0.3) is 0 Å². The smallest absolute Gasteiger partial charge is 0.341 e. The van der Waals surface area contributed by atoms with E-state index in [4.69, 9.17) is 14.6 Å². The van der Waals surface area contributed by atoms with Crippen LogP contribution >= 0.6 is 23.5 Å². The number of hydrogen-bond acceptors (Lipinski definition) is 6. The minimum absolute atomic E-state index is 0.349. The van der Waals surface area contributed by atoms with Crippen LogP contribution in [-0.2, 0) is 20.7 Å². The predicted molar refractivity (Wildman–Crippen MR) is 177 cm³/mol. The molecule has 0 spiro atoms. The fraction of sp³-hybridized carbons (Fsp3) is 0.222. The molecule has 0 aliphatic carbocycles. The van der Waals surface area contributed by atoms with Gasteiger partial charge in [-0.25, -0.2) is 9.59 Å². The van der Waals surface area contributed by atoms with Gasteiger partial charge in [0.1, 0.15) is 5.75 Å². The van der Waals surface area contributed by atoms with Crippen molar-refractivity contribution in [1.29, 1.82) is 0 Å². The molecular weight excluding hydrogens is 593 g/mol. The van der Waals surface area contributed by atoms with E-state index in [0.29, 0.717) is 18.8 Å². The van der Waals surface area contributed by atoms with E-state index in [1.54, 1.807) is 36.5 Å². The van der Waals surface area contributed by atoms with Gasteiger partial charge in [-0.3, -0.25) is 0 Å². The number of ether oxygens (including phenoxy) is 2. The second kappa shape index (κ2) is 19.0. The number of carboxylic acid groups (broad SMARTS) is 2. The fourth-order valence-electron chi connectivity index (χ4n) is 3.76. The van der Waals surface area contributed by atoms with E-state index in [1.165, 1.54) is 0 Å². The van der Waals surface area contributed by atoms with E-state index in [9.17, 15) is 14.7 Å². The Kier molecular flexibility index (Phi) is 14.8. The van der Waals surface area contributed by atoms with Crippen LogP contribution in [-0.4, -0.2) is 53.0 Å². The van der Waals surface area contributed by atoms with Gasteiger partial charge in [-0.05, 0) is 91.7 Å². The van der Waals surface area contributed by atoms with Crippen LogP contribution in [0, 0.1) is 30.6 Å². The van der Waals surface area contributed by atoms with E-state index in [-0.39, 0.29) is 6.61 Å². The predicted octanol–water partition coefficient (Wildman–Crippen LogP) is 6.89.